The van der Waals surface area contributed by atoms with E-state index in [-0.39, 0.29) is 0 Å². The van der Waals surface area contributed by atoms with Crippen LogP contribution in [0.25, 0.3) is 0 Å². The van der Waals surface area contributed by atoms with Gasteiger partial charge in [0, 0.05) is 5.70 Å². The smallest absolute Gasteiger partial charge is 0.338 e. The number of carbonyl (C=O) groups excluding carboxylic acids is 1. The predicted octanol–water partition coefficient (Wildman–Crippen LogP) is 3.64. The molecular weight excluding hydrogens is 396 g/mol. The number of ether oxygens (including phenoxy) is 3. The molecule has 8 heteroatoms. The Labute approximate surface area is 180 Å². The number of aromatic nitrogens is 3. The number of rotatable bonds is 6. The Bertz CT molecular complexity index is 1150. The van der Waals surface area contributed by atoms with Gasteiger partial charge in [-0.3, -0.25) is 0 Å². The number of esters is 1. The van der Waals surface area contributed by atoms with E-state index in [0.29, 0.717) is 35.3 Å². The Kier molecular flexibility index (Phi) is 5.62. The average Bonchev–Trinajstić information content (AvgIpc) is 3.24. The van der Waals surface area contributed by atoms with Gasteiger partial charge in [-0.15, -0.1) is 0 Å². The summed E-state index contributed by atoms with van der Waals surface area (Å²) in [5, 5.41) is 7.41. The number of hydrogen-bond donors (Lipinski definition) is 1. The highest BCUT2D eigenvalue weighted by Crippen LogP contribution is 2.38. The van der Waals surface area contributed by atoms with Gasteiger partial charge >= 0.3 is 5.97 Å². The quantitative estimate of drug-likeness (QED) is 0.609. The predicted molar refractivity (Wildman–Crippen MR) is 115 cm³/mol. The van der Waals surface area contributed by atoms with Crippen LogP contribution in [-0.2, 0) is 16.1 Å². The standard InChI is InChI=1S/C23H24N4O4/c1-14-6-5-7-16(10-14)12-31-18-9-8-17(11-19(18)29-3)21-20(22(28)30-4)15(2)26-23-24-13-25-27(21)23/h5-11,13,21H,12H2,1-4H3,(H,24,25,26)/t21-/m1/s1. The van der Waals surface area contributed by atoms with Gasteiger partial charge in [-0.1, -0.05) is 35.9 Å². The molecule has 0 bridgehead atoms. The fourth-order valence-electron chi connectivity index (χ4n) is 3.71. The SMILES string of the molecule is COC(=O)C1=C(C)Nc2ncnn2[C@@H]1c1ccc(OCc2cccc(C)c2)c(OC)c1. The zero-order valence-corrected chi connectivity index (χ0v) is 17.9. The van der Waals surface area contributed by atoms with Crippen LogP contribution < -0.4 is 14.8 Å². The van der Waals surface area contributed by atoms with Crippen molar-refractivity contribution in [1.29, 1.82) is 0 Å². The Hall–Kier alpha value is -3.81. The van der Waals surface area contributed by atoms with Gasteiger partial charge in [0.25, 0.3) is 0 Å². The Morgan fingerprint density at radius 3 is 2.71 bits per heavy atom. The van der Waals surface area contributed by atoms with Gasteiger partial charge in [-0.2, -0.15) is 10.1 Å². The molecule has 3 aromatic rings. The van der Waals surface area contributed by atoms with Crippen LogP contribution in [0.3, 0.4) is 0 Å². The lowest BCUT2D eigenvalue weighted by Gasteiger charge is -2.28. The maximum atomic E-state index is 12.6. The molecule has 0 amide bonds. The lowest BCUT2D eigenvalue weighted by molar-refractivity contribution is -0.136. The van der Waals surface area contributed by atoms with Crippen molar-refractivity contribution in [2.75, 3.05) is 19.5 Å². The molecule has 0 spiro atoms. The minimum absolute atomic E-state index is 0.421. The lowest BCUT2D eigenvalue weighted by Crippen LogP contribution is -2.29. The molecule has 1 aromatic heterocycles. The molecule has 2 aromatic carbocycles. The first-order chi connectivity index (χ1) is 15.0. The molecule has 1 N–H and O–H groups in total. The third kappa shape index (κ3) is 3.96. The van der Waals surface area contributed by atoms with E-state index in [9.17, 15) is 4.79 Å². The van der Waals surface area contributed by atoms with Crippen molar-refractivity contribution in [2.24, 2.45) is 0 Å². The summed E-state index contributed by atoms with van der Waals surface area (Å²) in [6.07, 6.45) is 1.44. The number of methoxy groups -OCH3 is 2. The monoisotopic (exact) mass is 420 g/mol. The number of fused-ring (bicyclic) bond motifs is 1. The van der Waals surface area contributed by atoms with Crippen LogP contribution in [0.1, 0.15) is 29.7 Å². The number of anilines is 1. The van der Waals surface area contributed by atoms with Crippen molar-refractivity contribution >= 4 is 11.9 Å². The van der Waals surface area contributed by atoms with Gasteiger partial charge < -0.3 is 19.5 Å². The van der Waals surface area contributed by atoms with Crippen molar-refractivity contribution in [3.05, 3.63) is 76.8 Å². The molecule has 4 rings (SSSR count). The minimum Gasteiger partial charge on any atom is -0.493 e. The number of allylic oxidation sites excluding steroid dienone is 1. The first-order valence-electron chi connectivity index (χ1n) is 9.83. The van der Waals surface area contributed by atoms with E-state index in [2.05, 4.69) is 21.5 Å². The van der Waals surface area contributed by atoms with Crippen LogP contribution in [-0.4, -0.2) is 35.0 Å². The van der Waals surface area contributed by atoms with Gasteiger partial charge in [0.1, 0.15) is 19.0 Å². The Morgan fingerprint density at radius 1 is 1.13 bits per heavy atom. The topological polar surface area (TPSA) is 87.5 Å². The summed E-state index contributed by atoms with van der Waals surface area (Å²) >= 11 is 0. The third-order valence-electron chi connectivity index (χ3n) is 5.18. The molecule has 0 saturated heterocycles. The second-order valence-electron chi connectivity index (χ2n) is 7.27. The van der Waals surface area contributed by atoms with Crippen LogP contribution in [0.15, 0.2) is 60.1 Å². The molecule has 0 radical (unpaired) electrons. The molecule has 1 aliphatic heterocycles. The fraction of sp³-hybridized carbons (Fsp3) is 0.261. The highest BCUT2D eigenvalue weighted by Gasteiger charge is 2.34. The number of carbonyl (C=O) groups is 1. The van der Waals surface area contributed by atoms with E-state index in [4.69, 9.17) is 14.2 Å². The number of nitrogens with zero attached hydrogens (tertiary/aromatic N) is 3. The zero-order valence-electron chi connectivity index (χ0n) is 17.9. The Morgan fingerprint density at radius 2 is 1.97 bits per heavy atom. The van der Waals surface area contributed by atoms with Crippen LogP contribution in [0.2, 0.25) is 0 Å². The van der Waals surface area contributed by atoms with Crippen LogP contribution in [0.5, 0.6) is 11.5 Å². The Balaban J connectivity index is 1.68. The summed E-state index contributed by atoms with van der Waals surface area (Å²) in [6.45, 7) is 4.28. The molecule has 31 heavy (non-hydrogen) atoms. The molecule has 1 aliphatic rings. The highest BCUT2D eigenvalue weighted by molar-refractivity contribution is 5.92. The first kappa shape index (κ1) is 20.5. The maximum Gasteiger partial charge on any atom is 0.338 e. The van der Waals surface area contributed by atoms with E-state index in [1.807, 2.05) is 50.2 Å². The van der Waals surface area contributed by atoms with Crippen LogP contribution in [0, 0.1) is 6.92 Å². The molecule has 0 saturated carbocycles. The summed E-state index contributed by atoms with van der Waals surface area (Å²) in [5.41, 5.74) is 4.17. The molecule has 8 nitrogen and oxygen atoms in total. The van der Waals surface area contributed by atoms with Gasteiger partial charge in [0.15, 0.2) is 11.5 Å². The normalized spacial score (nSPS) is 15.2. The molecule has 1 atom stereocenters. The second kappa shape index (κ2) is 8.51. The van der Waals surface area contributed by atoms with E-state index >= 15 is 0 Å². The molecule has 0 unspecified atom stereocenters. The first-order valence-corrected chi connectivity index (χ1v) is 9.83. The van der Waals surface area contributed by atoms with Gasteiger partial charge in [0.05, 0.1) is 19.8 Å². The number of benzene rings is 2. The summed E-state index contributed by atoms with van der Waals surface area (Å²) in [4.78, 5) is 16.8. The van der Waals surface area contributed by atoms with Crippen molar-refractivity contribution in [1.82, 2.24) is 14.8 Å². The van der Waals surface area contributed by atoms with Crippen LogP contribution >= 0.6 is 0 Å². The van der Waals surface area contributed by atoms with Crippen molar-refractivity contribution in [3.63, 3.8) is 0 Å². The lowest BCUT2D eigenvalue weighted by atomic mass is 9.95. The summed E-state index contributed by atoms with van der Waals surface area (Å²) in [5.74, 6) is 1.29. The van der Waals surface area contributed by atoms with E-state index in [0.717, 1.165) is 11.1 Å². The number of aryl methyl sites for hydroxylation is 1. The molecule has 2 heterocycles. The molecule has 0 aliphatic carbocycles. The maximum absolute atomic E-state index is 12.6. The fourth-order valence-corrected chi connectivity index (χ4v) is 3.71. The molecule has 160 valence electrons. The van der Waals surface area contributed by atoms with E-state index in [1.54, 1.807) is 11.8 Å². The second-order valence-corrected chi connectivity index (χ2v) is 7.27. The highest BCUT2D eigenvalue weighted by atomic mass is 16.5. The van der Waals surface area contributed by atoms with Crippen molar-refractivity contribution < 1.29 is 19.0 Å². The van der Waals surface area contributed by atoms with Crippen molar-refractivity contribution in [2.45, 2.75) is 26.5 Å². The van der Waals surface area contributed by atoms with E-state index in [1.165, 1.54) is 19.0 Å². The van der Waals surface area contributed by atoms with E-state index < -0.39 is 12.0 Å². The average molecular weight is 420 g/mol. The van der Waals surface area contributed by atoms with Gasteiger partial charge in [-0.05, 0) is 37.1 Å². The minimum atomic E-state index is -0.508. The zero-order chi connectivity index (χ0) is 22.0. The van der Waals surface area contributed by atoms with Gasteiger partial charge in [0.2, 0.25) is 5.95 Å². The largest absolute Gasteiger partial charge is 0.493 e. The summed E-state index contributed by atoms with van der Waals surface area (Å²) in [6, 6.07) is 13.2. The number of nitrogens with one attached hydrogen (secondary N) is 1. The van der Waals surface area contributed by atoms with Crippen molar-refractivity contribution in [3.8, 4) is 11.5 Å². The third-order valence-corrected chi connectivity index (χ3v) is 5.18. The van der Waals surface area contributed by atoms with Crippen LogP contribution in [0.4, 0.5) is 5.95 Å². The molecule has 0 fully saturated rings. The van der Waals surface area contributed by atoms with Gasteiger partial charge in [-0.25, -0.2) is 9.48 Å². The number of hydrogen-bond acceptors (Lipinski definition) is 7. The molecular formula is C23H24N4O4. The summed E-state index contributed by atoms with van der Waals surface area (Å²) in [7, 11) is 2.95. The summed E-state index contributed by atoms with van der Waals surface area (Å²) < 4.78 is 18.3.